The van der Waals surface area contributed by atoms with E-state index in [1.54, 1.807) is 25.2 Å². The number of nitrogens with two attached hydrogens (primary N) is 1. The standard InChI is InChI=1S/C17H24N2O2S/c1-17(2,21)12-7-15-14(8-13(12)18)19-16(22-15)11-5-3-10(9-20)4-6-11/h7-8,10-11,20-21H,3-6,9,18H2,1-2H3/t10-,11-. The molecule has 0 aliphatic heterocycles. The Hall–Kier alpha value is -1.17. The summed E-state index contributed by atoms with van der Waals surface area (Å²) in [6, 6.07) is 3.85. The van der Waals surface area contributed by atoms with E-state index in [2.05, 4.69) is 0 Å². The third-order valence-corrected chi connectivity index (χ3v) is 5.87. The van der Waals surface area contributed by atoms with Gasteiger partial charge in [-0.2, -0.15) is 0 Å². The summed E-state index contributed by atoms with van der Waals surface area (Å²) in [7, 11) is 0. The summed E-state index contributed by atoms with van der Waals surface area (Å²) >= 11 is 1.71. The second kappa shape index (κ2) is 5.80. The molecule has 4 nitrogen and oxygen atoms in total. The first kappa shape index (κ1) is 15.7. The van der Waals surface area contributed by atoms with Crippen molar-refractivity contribution < 1.29 is 10.2 Å². The lowest BCUT2D eigenvalue weighted by Crippen LogP contribution is -2.17. The zero-order chi connectivity index (χ0) is 15.9. The number of aliphatic hydroxyl groups excluding tert-OH is 1. The predicted octanol–water partition coefficient (Wildman–Crippen LogP) is 3.37. The fourth-order valence-electron chi connectivity index (χ4n) is 3.30. The first-order valence-electron chi connectivity index (χ1n) is 7.92. The zero-order valence-electron chi connectivity index (χ0n) is 13.2. The van der Waals surface area contributed by atoms with E-state index in [9.17, 15) is 10.2 Å². The van der Waals surface area contributed by atoms with Crippen molar-refractivity contribution in [3.8, 4) is 0 Å². The van der Waals surface area contributed by atoms with Crippen LogP contribution in [-0.2, 0) is 5.60 Å². The molecule has 1 heterocycles. The monoisotopic (exact) mass is 320 g/mol. The van der Waals surface area contributed by atoms with E-state index in [0.717, 1.165) is 41.5 Å². The second-order valence-electron chi connectivity index (χ2n) is 6.92. The highest BCUT2D eigenvalue weighted by Gasteiger charge is 2.25. The van der Waals surface area contributed by atoms with Crippen LogP contribution in [0.4, 0.5) is 5.69 Å². The van der Waals surface area contributed by atoms with Gasteiger partial charge in [0, 0.05) is 23.8 Å². The molecule has 2 aromatic rings. The highest BCUT2D eigenvalue weighted by molar-refractivity contribution is 7.18. The smallest absolute Gasteiger partial charge is 0.0969 e. The number of thiazole rings is 1. The number of hydrogen-bond donors (Lipinski definition) is 3. The lowest BCUT2D eigenvalue weighted by Gasteiger charge is -2.25. The molecule has 1 aromatic heterocycles. The van der Waals surface area contributed by atoms with Crippen molar-refractivity contribution in [3.05, 3.63) is 22.7 Å². The van der Waals surface area contributed by atoms with Crippen molar-refractivity contribution in [2.45, 2.75) is 51.0 Å². The maximum absolute atomic E-state index is 10.2. The minimum atomic E-state index is -0.943. The fraction of sp³-hybridized carbons (Fsp3) is 0.588. The largest absolute Gasteiger partial charge is 0.398 e. The Morgan fingerprint density at radius 1 is 1.27 bits per heavy atom. The van der Waals surface area contributed by atoms with E-state index in [0.29, 0.717) is 24.1 Å². The van der Waals surface area contributed by atoms with E-state index >= 15 is 0 Å². The number of nitrogen functional groups attached to an aromatic ring is 1. The number of fused-ring (bicyclic) bond motifs is 1. The molecule has 0 unspecified atom stereocenters. The second-order valence-corrected chi connectivity index (χ2v) is 7.98. The molecule has 0 atom stereocenters. The van der Waals surface area contributed by atoms with Gasteiger partial charge in [0.25, 0.3) is 0 Å². The molecule has 1 aromatic carbocycles. The molecule has 3 rings (SSSR count). The highest BCUT2D eigenvalue weighted by Crippen LogP contribution is 2.40. The Morgan fingerprint density at radius 3 is 2.55 bits per heavy atom. The van der Waals surface area contributed by atoms with Crippen LogP contribution in [0.1, 0.15) is 56.0 Å². The Balaban J connectivity index is 1.90. The number of benzene rings is 1. The van der Waals surface area contributed by atoms with E-state index < -0.39 is 5.60 Å². The van der Waals surface area contributed by atoms with Gasteiger partial charge in [0.15, 0.2) is 0 Å². The summed E-state index contributed by atoms with van der Waals surface area (Å²) in [4.78, 5) is 4.77. The third-order valence-electron chi connectivity index (χ3n) is 4.69. The zero-order valence-corrected chi connectivity index (χ0v) is 14.0. The molecule has 1 saturated carbocycles. The van der Waals surface area contributed by atoms with Gasteiger partial charge < -0.3 is 15.9 Å². The molecule has 0 bridgehead atoms. The van der Waals surface area contributed by atoms with E-state index in [4.69, 9.17) is 10.7 Å². The summed E-state index contributed by atoms with van der Waals surface area (Å²) in [5, 5.41) is 20.6. The van der Waals surface area contributed by atoms with Crippen molar-refractivity contribution in [3.63, 3.8) is 0 Å². The number of aliphatic hydroxyl groups is 2. The van der Waals surface area contributed by atoms with Gasteiger partial charge in [-0.15, -0.1) is 11.3 Å². The van der Waals surface area contributed by atoms with Crippen LogP contribution < -0.4 is 5.73 Å². The molecule has 1 aliphatic carbocycles. The number of rotatable bonds is 3. The number of nitrogens with zero attached hydrogens (tertiary/aromatic N) is 1. The van der Waals surface area contributed by atoms with Crippen LogP contribution in [0.25, 0.3) is 10.2 Å². The SMILES string of the molecule is CC(C)(O)c1cc2sc([C@H]3CC[C@H](CO)CC3)nc2cc1N. The first-order valence-corrected chi connectivity index (χ1v) is 8.74. The third kappa shape index (κ3) is 2.98. The van der Waals surface area contributed by atoms with Crippen molar-refractivity contribution >= 4 is 27.2 Å². The maximum atomic E-state index is 10.2. The maximum Gasteiger partial charge on any atom is 0.0969 e. The molecule has 1 aliphatic rings. The average Bonchev–Trinajstić information content (AvgIpc) is 2.88. The normalized spacial score (nSPS) is 23.1. The van der Waals surface area contributed by atoms with Crippen LogP contribution in [0.15, 0.2) is 12.1 Å². The van der Waals surface area contributed by atoms with Crippen molar-refractivity contribution in [2.75, 3.05) is 12.3 Å². The Morgan fingerprint density at radius 2 is 1.95 bits per heavy atom. The van der Waals surface area contributed by atoms with Gasteiger partial charge in [-0.25, -0.2) is 4.98 Å². The average molecular weight is 320 g/mol. The molecule has 0 radical (unpaired) electrons. The van der Waals surface area contributed by atoms with E-state index in [1.165, 1.54) is 5.01 Å². The van der Waals surface area contributed by atoms with Crippen LogP contribution in [-0.4, -0.2) is 21.8 Å². The summed E-state index contributed by atoms with van der Waals surface area (Å²) < 4.78 is 1.09. The van der Waals surface area contributed by atoms with E-state index in [1.807, 2.05) is 12.1 Å². The van der Waals surface area contributed by atoms with Gasteiger partial charge in [-0.05, 0) is 57.6 Å². The van der Waals surface area contributed by atoms with Crippen LogP contribution in [0.3, 0.4) is 0 Å². The highest BCUT2D eigenvalue weighted by atomic mass is 32.1. The first-order chi connectivity index (χ1) is 10.4. The van der Waals surface area contributed by atoms with Crippen LogP contribution >= 0.6 is 11.3 Å². The summed E-state index contributed by atoms with van der Waals surface area (Å²) in [5.41, 5.74) is 7.42. The van der Waals surface area contributed by atoms with Gasteiger partial charge in [0.2, 0.25) is 0 Å². The topological polar surface area (TPSA) is 79.4 Å². The molecular weight excluding hydrogens is 296 g/mol. The molecule has 0 saturated heterocycles. The summed E-state index contributed by atoms with van der Waals surface area (Å²) in [6.45, 7) is 3.81. The van der Waals surface area contributed by atoms with Gasteiger partial charge in [0.05, 0.1) is 20.8 Å². The summed E-state index contributed by atoms with van der Waals surface area (Å²) in [5.74, 6) is 0.954. The van der Waals surface area contributed by atoms with Gasteiger partial charge in [-0.1, -0.05) is 0 Å². The summed E-state index contributed by atoms with van der Waals surface area (Å²) in [6.07, 6.45) is 4.35. The number of hydrogen-bond acceptors (Lipinski definition) is 5. The molecule has 0 spiro atoms. The Labute approximate surface area is 135 Å². The van der Waals surface area contributed by atoms with Crippen molar-refractivity contribution in [1.82, 2.24) is 4.98 Å². The van der Waals surface area contributed by atoms with Crippen LogP contribution in [0.5, 0.6) is 0 Å². The van der Waals surface area contributed by atoms with Crippen molar-refractivity contribution in [1.29, 1.82) is 0 Å². The van der Waals surface area contributed by atoms with Crippen LogP contribution in [0, 0.1) is 5.92 Å². The molecule has 1 fully saturated rings. The predicted molar refractivity (Wildman–Crippen MR) is 91.1 cm³/mol. The van der Waals surface area contributed by atoms with E-state index in [-0.39, 0.29) is 0 Å². The minimum Gasteiger partial charge on any atom is -0.398 e. The number of anilines is 1. The van der Waals surface area contributed by atoms with Crippen molar-refractivity contribution in [2.24, 2.45) is 5.92 Å². The minimum absolute atomic E-state index is 0.304. The lowest BCUT2D eigenvalue weighted by atomic mass is 9.83. The molecule has 120 valence electrons. The Bertz CT molecular complexity index is 667. The van der Waals surface area contributed by atoms with Gasteiger partial charge >= 0.3 is 0 Å². The Kier molecular flexibility index (Phi) is 4.14. The molecular formula is C17H24N2O2S. The molecule has 22 heavy (non-hydrogen) atoms. The van der Waals surface area contributed by atoms with Gasteiger partial charge in [-0.3, -0.25) is 0 Å². The fourth-order valence-corrected chi connectivity index (χ4v) is 4.46. The molecule has 0 amide bonds. The molecule has 5 heteroatoms. The number of aromatic nitrogens is 1. The van der Waals surface area contributed by atoms with Crippen LogP contribution in [0.2, 0.25) is 0 Å². The molecule has 4 N–H and O–H groups in total. The quantitative estimate of drug-likeness (QED) is 0.758. The van der Waals surface area contributed by atoms with Gasteiger partial charge in [0.1, 0.15) is 0 Å². The lowest BCUT2D eigenvalue weighted by molar-refractivity contribution is 0.0795.